The average molecular weight is 155 g/mol. The van der Waals surface area contributed by atoms with Gasteiger partial charge in [-0.1, -0.05) is 0 Å². The predicted molar refractivity (Wildman–Crippen MR) is 36.9 cm³/mol. The van der Waals surface area contributed by atoms with Gasteiger partial charge in [-0.2, -0.15) is 0 Å². The molecule has 1 radical (unpaired) electrons. The van der Waals surface area contributed by atoms with E-state index in [9.17, 15) is 0 Å². The maximum Gasteiger partial charge on any atom is 2.00 e. The molecule has 0 saturated carbocycles. The zero-order valence-corrected chi connectivity index (χ0v) is 7.10. The summed E-state index contributed by atoms with van der Waals surface area (Å²) in [6.45, 7) is 0. The fraction of sp³-hybridized carbons (Fsp3) is 0. The fourth-order valence-electron chi connectivity index (χ4n) is 0.227. The SMILES string of the molecule is O[B]O.[Ca+2].[H-].[H-].c1ccoc1. The maximum atomic E-state index is 7.00. The first-order valence-electron chi connectivity index (χ1n) is 1.99. The second kappa shape index (κ2) is 11.3. The van der Waals surface area contributed by atoms with E-state index in [1.54, 1.807) is 12.5 Å². The van der Waals surface area contributed by atoms with Gasteiger partial charge in [-0.05, 0) is 12.1 Å². The summed E-state index contributed by atoms with van der Waals surface area (Å²) in [6, 6.07) is 3.67. The topological polar surface area (TPSA) is 53.6 Å². The Hall–Kier alpha value is 0.525. The van der Waals surface area contributed by atoms with Crippen molar-refractivity contribution in [2.45, 2.75) is 0 Å². The number of hydrogen-bond donors (Lipinski definition) is 2. The molecule has 0 bridgehead atoms. The molecule has 1 heterocycles. The third-order valence-corrected chi connectivity index (χ3v) is 0.425. The molecule has 0 spiro atoms. The molecule has 3 nitrogen and oxygen atoms in total. The molecule has 0 aliphatic rings. The van der Waals surface area contributed by atoms with Gasteiger partial charge in [0.15, 0.2) is 0 Å². The Balaban J connectivity index is -0.0000000379. The molecule has 2 N–H and O–H groups in total. The van der Waals surface area contributed by atoms with E-state index >= 15 is 0 Å². The van der Waals surface area contributed by atoms with Crippen molar-refractivity contribution in [1.82, 2.24) is 0 Å². The molecule has 0 aliphatic heterocycles. The largest absolute Gasteiger partial charge is 2.00 e. The predicted octanol–water partition coefficient (Wildman–Crippen LogP) is -0.371. The molecule has 0 amide bonds. The minimum atomic E-state index is 0. The van der Waals surface area contributed by atoms with Gasteiger partial charge in [0.25, 0.3) is 0 Å². The molecule has 0 aromatic carbocycles. The molecule has 0 fully saturated rings. The van der Waals surface area contributed by atoms with E-state index < -0.39 is 0 Å². The van der Waals surface area contributed by atoms with Crippen molar-refractivity contribution in [2.24, 2.45) is 0 Å². The van der Waals surface area contributed by atoms with Crippen molar-refractivity contribution in [1.29, 1.82) is 0 Å². The average Bonchev–Trinajstić information content (AvgIpc) is 2.17. The summed E-state index contributed by atoms with van der Waals surface area (Å²) in [4.78, 5) is 0. The smallest absolute Gasteiger partial charge is 1.00 e. The zero-order chi connectivity index (χ0) is 6.24. The molecular formula is C4H8BCaO3. The van der Waals surface area contributed by atoms with Crippen LogP contribution in [-0.2, 0) is 0 Å². The normalized spacial score (nSPS) is 6.00. The zero-order valence-electron chi connectivity index (χ0n) is 6.90. The third kappa shape index (κ3) is 11.9. The second-order valence-corrected chi connectivity index (χ2v) is 0.909. The van der Waals surface area contributed by atoms with Gasteiger partial charge in [-0.3, -0.25) is 0 Å². The monoisotopic (exact) mass is 155 g/mol. The maximum absolute atomic E-state index is 7.00. The molecule has 47 valence electrons. The summed E-state index contributed by atoms with van der Waals surface area (Å²) in [5.41, 5.74) is 0. The number of furan rings is 1. The van der Waals surface area contributed by atoms with Gasteiger partial charge < -0.3 is 17.3 Å². The molecular weight excluding hydrogens is 147 g/mol. The minimum Gasteiger partial charge on any atom is -1.00 e. The van der Waals surface area contributed by atoms with Crippen molar-refractivity contribution in [3.8, 4) is 0 Å². The van der Waals surface area contributed by atoms with E-state index in [-0.39, 0.29) is 48.3 Å². The van der Waals surface area contributed by atoms with Crippen LogP contribution in [0.25, 0.3) is 0 Å². The quantitative estimate of drug-likeness (QED) is 0.502. The molecule has 1 aromatic heterocycles. The molecule has 0 saturated heterocycles. The minimum absolute atomic E-state index is 0. The van der Waals surface area contributed by atoms with Crippen LogP contribution in [0.2, 0.25) is 0 Å². The molecule has 0 unspecified atom stereocenters. The van der Waals surface area contributed by atoms with Crippen LogP contribution < -0.4 is 0 Å². The van der Waals surface area contributed by atoms with Crippen LogP contribution >= 0.6 is 0 Å². The summed E-state index contributed by atoms with van der Waals surface area (Å²) in [7, 11) is 0. The van der Waals surface area contributed by atoms with E-state index in [1.165, 1.54) is 0 Å². The van der Waals surface area contributed by atoms with Crippen molar-refractivity contribution < 1.29 is 17.3 Å². The Morgan fingerprint density at radius 1 is 1.22 bits per heavy atom. The third-order valence-electron chi connectivity index (χ3n) is 0.425. The number of rotatable bonds is 0. The van der Waals surface area contributed by atoms with Gasteiger partial charge >= 0.3 is 45.4 Å². The Morgan fingerprint density at radius 3 is 1.67 bits per heavy atom. The Kier molecular flexibility index (Phi) is 15.4. The van der Waals surface area contributed by atoms with Crippen LogP contribution in [0.1, 0.15) is 2.85 Å². The molecule has 0 aliphatic carbocycles. The first-order valence-corrected chi connectivity index (χ1v) is 1.99. The second-order valence-electron chi connectivity index (χ2n) is 0.909. The summed E-state index contributed by atoms with van der Waals surface area (Å²) in [6.07, 6.45) is 3.25. The molecule has 0 atom stereocenters. The first-order chi connectivity index (χ1) is 3.91. The molecule has 5 heteroatoms. The summed E-state index contributed by atoms with van der Waals surface area (Å²) in [5, 5.41) is 14.0. The van der Waals surface area contributed by atoms with Crippen LogP contribution in [0.4, 0.5) is 0 Å². The molecule has 9 heavy (non-hydrogen) atoms. The van der Waals surface area contributed by atoms with E-state index in [2.05, 4.69) is 4.42 Å². The fourth-order valence-corrected chi connectivity index (χ4v) is 0.227. The van der Waals surface area contributed by atoms with Gasteiger partial charge in [-0.25, -0.2) is 0 Å². The van der Waals surface area contributed by atoms with Gasteiger partial charge in [0.05, 0.1) is 12.5 Å². The van der Waals surface area contributed by atoms with E-state index in [1.807, 2.05) is 12.1 Å². The Labute approximate surface area is 87.0 Å². The summed E-state index contributed by atoms with van der Waals surface area (Å²) in [5.74, 6) is 0. The van der Waals surface area contributed by atoms with Crippen LogP contribution in [0.3, 0.4) is 0 Å². The first kappa shape index (κ1) is 12.2. The Morgan fingerprint density at radius 2 is 1.56 bits per heavy atom. The molecule has 1 aromatic rings. The van der Waals surface area contributed by atoms with Crippen molar-refractivity contribution >= 4 is 45.4 Å². The van der Waals surface area contributed by atoms with Crippen LogP contribution in [-0.4, -0.2) is 55.5 Å². The van der Waals surface area contributed by atoms with Crippen LogP contribution in [0.5, 0.6) is 0 Å². The summed E-state index contributed by atoms with van der Waals surface area (Å²) < 4.78 is 4.58. The molecule has 1 rings (SSSR count). The van der Waals surface area contributed by atoms with E-state index in [4.69, 9.17) is 10.0 Å². The number of hydrogen-bond acceptors (Lipinski definition) is 3. The standard InChI is InChI=1S/C4H4O.BH2O2.Ca.2H/c1-2-4-5-3-1;2-1-3;;;/h1-4H;2-3H;;;/q;;+2;2*-1. The van der Waals surface area contributed by atoms with Gasteiger partial charge in [0.1, 0.15) is 0 Å². The van der Waals surface area contributed by atoms with Crippen LogP contribution in [0.15, 0.2) is 29.1 Å². The van der Waals surface area contributed by atoms with Crippen molar-refractivity contribution in [3.05, 3.63) is 24.7 Å². The van der Waals surface area contributed by atoms with Gasteiger partial charge in [-0.15, -0.1) is 0 Å². The summed E-state index contributed by atoms with van der Waals surface area (Å²) >= 11 is 0. The Bertz CT molecular complexity index is 90.2. The van der Waals surface area contributed by atoms with Crippen LogP contribution in [0, 0.1) is 0 Å². The van der Waals surface area contributed by atoms with E-state index in [0.29, 0.717) is 0 Å². The van der Waals surface area contributed by atoms with Gasteiger partial charge in [0, 0.05) is 0 Å². The van der Waals surface area contributed by atoms with Crippen molar-refractivity contribution in [2.75, 3.05) is 0 Å². The van der Waals surface area contributed by atoms with Gasteiger partial charge in [0.2, 0.25) is 0 Å². The van der Waals surface area contributed by atoms with Crippen molar-refractivity contribution in [3.63, 3.8) is 0 Å². The van der Waals surface area contributed by atoms with E-state index in [0.717, 1.165) is 0 Å².